The van der Waals surface area contributed by atoms with Gasteiger partial charge in [-0.15, -0.1) is 0 Å². The van der Waals surface area contributed by atoms with Crippen LogP contribution in [0.5, 0.6) is 5.75 Å². The lowest BCUT2D eigenvalue weighted by atomic mass is 9.85. The lowest BCUT2D eigenvalue weighted by Gasteiger charge is -2.30. The molecule has 0 bridgehead atoms. The number of carboxylic acid groups (broad SMARTS) is 1. The molecule has 3 heterocycles. The zero-order chi connectivity index (χ0) is 29.6. The molecule has 42 heavy (non-hydrogen) atoms. The van der Waals surface area contributed by atoms with Crippen LogP contribution in [0, 0.1) is 19.7 Å². The summed E-state index contributed by atoms with van der Waals surface area (Å²) in [6.07, 6.45) is 0.0580. The zero-order valence-electron chi connectivity index (χ0n) is 23.5. The van der Waals surface area contributed by atoms with Crippen LogP contribution in [0.1, 0.15) is 45.6 Å². The Hall–Kier alpha value is -4.17. The Balaban J connectivity index is 1.43. The van der Waals surface area contributed by atoms with E-state index in [0.717, 1.165) is 35.2 Å². The van der Waals surface area contributed by atoms with E-state index in [1.165, 1.54) is 12.1 Å². The lowest BCUT2D eigenvalue weighted by Crippen LogP contribution is -2.30. The molecule has 1 N–H and O–H groups in total. The summed E-state index contributed by atoms with van der Waals surface area (Å²) in [4.78, 5) is 18.9. The van der Waals surface area contributed by atoms with Gasteiger partial charge in [-0.1, -0.05) is 42.5 Å². The van der Waals surface area contributed by atoms with Gasteiger partial charge < -0.3 is 9.84 Å². The number of rotatable bonds is 6. The number of hydrogen-bond donors (Lipinski definition) is 1. The van der Waals surface area contributed by atoms with E-state index in [4.69, 9.17) is 9.72 Å². The largest absolute Gasteiger partial charge is 0.493 e. The van der Waals surface area contributed by atoms with Crippen molar-refractivity contribution in [2.24, 2.45) is 0 Å². The molecule has 4 aromatic rings. The average Bonchev–Trinajstić information content (AvgIpc) is 2.95. The minimum atomic E-state index is -3.05. The van der Waals surface area contributed by atoms with E-state index >= 15 is 0 Å². The Labute approximate surface area is 242 Å². The van der Waals surface area contributed by atoms with Crippen molar-refractivity contribution in [3.63, 3.8) is 0 Å². The van der Waals surface area contributed by atoms with Gasteiger partial charge in [-0.3, -0.25) is 14.7 Å². The van der Waals surface area contributed by atoms with Crippen LogP contribution < -0.4 is 4.74 Å². The van der Waals surface area contributed by atoms with Gasteiger partial charge in [-0.05, 0) is 71.8 Å². The summed E-state index contributed by atoms with van der Waals surface area (Å²) in [6.45, 7) is 5.51. The minimum absolute atomic E-state index is 0.0603. The molecule has 1 aromatic heterocycles. The minimum Gasteiger partial charge on any atom is -0.493 e. The van der Waals surface area contributed by atoms with Crippen LogP contribution in [0.3, 0.4) is 0 Å². The summed E-state index contributed by atoms with van der Waals surface area (Å²) in [5.74, 6) is -4.14. The van der Waals surface area contributed by atoms with E-state index in [9.17, 15) is 23.1 Å². The monoisotopic (exact) mass is 572 g/mol. The number of nitrogens with zero attached hydrogens (tertiary/aromatic N) is 2. The number of pyridine rings is 1. The van der Waals surface area contributed by atoms with E-state index in [2.05, 4.69) is 11.0 Å². The fraction of sp³-hybridized carbons (Fsp3) is 0.294. The topological polar surface area (TPSA) is 62.7 Å². The highest BCUT2D eigenvalue weighted by Crippen LogP contribution is 2.46. The number of hydrogen-bond acceptors (Lipinski definition) is 4. The third-order valence-corrected chi connectivity index (χ3v) is 8.29. The summed E-state index contributed by atoms with van der Waals surface area (Å²) in [7, 11) is 0. The van der Waals surface area contributed by atoms with Gasteiger partial charge >= 0.3 is 5.97 Å². The summed E-state index contributed by atoms with van der Waals surface area (Å²) in [6, 6.07) is 17.7. The smallest absolute Gasteiger partial charge is 0.307 e. The molecular weight excluding hydrogens is 541 g/mol. The van der Waals surface area contributed by atoms with Gasteiger partial charge in [0.2, 0.25) is 0 Å². The van der Waals surface area contributed by atoms with Crippen LogP contribution in [0.25, 0.3) is 22.3 Å². The number of benzene rings is 3. The highest BCUT2D eigenvalue weighted by atomic mass is 19.3. The molecule has 0 saturated carbocycles. The molecule has 2 aliphatic rings. The van der Waals surface area contributed by atoms with Gasteiger partial charge in [0.25, 0.3) is 5.92 Å². The molecule has 0 fully saturated rings. The molecule has 216 valence electrons. The molecule has 0 atom stereocenters. The van der Waals surface area contributed by atoms with Crippen molar-refractivity contribution < 1.29 is 27.8 Å². The molecule has 0 spiro atoms. The fourth-order valence-corrected chi connectivity index (χ4v) is 6.22. The van der Waals surface area contributed by atoms with Crippen molar-refractivity contribution >= 4 is 5.97 Å². The molecule has 5 nitrogen and oxygen atoms in total. The third-order valence-electron chi connectivity index (χ3n) is 8.29. The number of alkyl halides is 2. The summed E-state index contributed by atoms with van der Waals surface area (Å²) in [5, 5.41) is 9.78. The van der Waals surface area contributed by atoms with Crippen LogP contribution in [-0.4, -0.2) is 34.1 Å². The number of aromatic nitrogens is 1. The third kappa shape index (κ3) is 5.27. The highest BCUT2D eigenvalue weighted by Gasteiger charge is 2.38. The summed E-state index contributed by atoms with van der Waals surface area (Å²) in [5.41, 5.74) is 7.18. The van der Waals surface area contributed by atoms with E-state index in [0.29, 0.717) is 46.7 Å². The van der Waals surface area contributed by atoms with Crippen molar-refractivity contribution in [3.8, 4) is 28.0 Å². The standard InChI is InChI=1S/C34H31F3N2O3/c1-20-27(17-31(40)41)33(24-9-10-30-28(16-24)34(36,37)12-14-42-30)32(21(2)38-20)23-7-8-25-18-39(13-11-22(25)15-23)19-26-5-3-4-6-29(26)35/h3-10,15-16H,11-14,17-19H2,1-2H3,(H,40,41). The van der Waals surface area contributed by atoms with Crippen LogP contribution in [0.4, 0.5) is 13.2 Å². The molecule has 2 aliphatic heterocycles. The second-order valence-electron chi connectivity index (χ2n) is 11.1. The van der Waals surface area contributed by atoms with Gasteiger partial charge in [-0.2, -0.15) is 0 Å². The predicted molar refractivity (Wildman–Crippen MR) is 154 cm³/mol. The van der Waals surface area contributed by atoms with Crippen molar-refractivity contribution in [3.05, 3.63) is 106 Å². The second-order valence-corrected chi connectivity index (χ2v) is 11.1. The van der Waals surface area contributed by atoms with Crippen molar-refractivity contribution in [1.29, 1.82) is 0 Å². The zero-order valence-corrected chi connectivity index (χ0v) is 23.5. The number of carbonyl (C=O) groups is 1. The Morgan fingerprint density at radius 3 is 2.55 bits per heavy atom. The normalized spacial score (nSPS) is 15.9. The van der Waals surface area contributed by atoms with Crippen molar-refractivity contribution in [1.82, 2.24) is 9.88 Å². The molecule has 0 saturated heterocycles. The number of aliphatic carboxylic acids is 1. The molecule has 0 aliphatic carbocycles. The van der Waals surface area contributed by atoms with Gasteiger partial charge in [0.15, 0.2) is 0 Å². The molecule has 6 rings (SSSR count). The lowest BCUT2D eigenvalue weighted by molar-refractivity contribution is -0.136. The molecular formula is C34H31F3N2O3. The molecule has 0 radical (unpaired) electrons. The first-order valence-electron chi connectivity index (χ1n) is 14.1. The van der Waals surface area contributed by atoms with E-state index in [-0.39, 0.29) is 30.2 Å². The average molecular weight is 573 g/mol. The van der Waals surface area contributed by atoms with Crippen LogP contribution in [0.15, 0.2) is 60.7 Å². The fourth-order valence-electron chi connectivity index (χ4n) is 6.22. The van der Waals surface area contributed by atoms with Gasteiger partial charge in [0.05, 0.1) is 25.0 Å². The molecule has 3 aromatic carbocycles. The first kappa shape index (κ1) is 28.0. The Kier molecular flexibility index (Phi) is 7.27. The summed E-state index contributed by atoms with van der Waals surface area (Å²) < 4.78 is 49.7. The second kappa shape index (κ2) is 10.9. The van der Waals surface area contributed by atoms with Crippen LogP contribution in [0.2, 0.25) is 0 Å². The number of halogens is 3. The summed E-state index contributed by atoms with van der Waals surface area (Å²) >= 11 is 0. The van der Waals surface area contributed by atoms with Gasteiger partial charge in [0, 0.05) is 42.1 Å². The molecule has 8 heteroatoms. The first-order valence-corrected chi connectivity index (χ1v) is 14.1. The maximum Gasteiger partial charge on any atom is 0.307 e. The Bertz CT molecular complexity index is 1700. The first-order chi connectivity index (χ1) is 20.1. The predicted octanol–water partition coefficient (Wildman–Crippen LogP) is 7.23. The van der Waals surface area contributed by atoms with Crippen LogP contribution in [-0.2, 0) is 36.6 Å². The quantitative estimate of drug-likeness (QED) is 0.264. The molecule has 0 amide bonds. The number of ether oxygens (including phenoxy) is 1. The SMILES string of the molecule is Cc1nc(C)c(-c2ccc3c(c2)CCN(Cc2ccccc2F)C3)c(-c2ccc3c(c2)C(F)(F)CCO3)c1CC(=O)O. The maximum absolute atomic E-state index is 15.0. The highest BCUT2D eigenvalue weighted by molar-refractivity contribution is 5.90. The van der Waals surface area contributed by atoms with Crippen molar-refractivity contribution in [2.45, 2.75) is 52.1 Å². The van der Waals surface area contributed by atoms with Crippen molar-refractivity contribution in [2.75, 3.05) is 13.2 Å². The van der Waals surface area contributed by atoms with E-state index in [1.807, 2.05) is 25.1 Å². The van der Waals surface area contributed by atoms with E-state index < -0.39 is 18.3 Å². The number of aryl methyl sites for hydroxylation is 2. The van der Waals surface area contributed by atoms with Gasteiger partial charge in [-0.25, -0.2) is 13.2 Å². The Morgan fingerprint density at radius 1 is 1.00 bits per heavy atom. The van der Waals surface area contributed by atoms with Gasteiger partial charge in [0.1, 0.15) is 11.6 Å². The van der Waals surface area contributed by atoms with E-state index in [1.54, 1.807) is 31.2 Å². The Morgan fingerprint density at radius 2 is 1.76 bits per heavy atom. The number of carboxylic acids is 1. The number of fused-ring (bicyclic) bond motifs is 2. The van der Waals surface area contributed by atoms with Crippen LogP contribution >= 0.6 is 0 Å². The molecule has 0 unspecified atom stereocenters. The maximum atomic E-state index is 15.0.